The maximum atomic E-state index is 12.3. The second-order valence-corrected chi connectivity index (χ2v) is 7.19. The highest BCUT2D eigenvalue weighted by Crippen LogP contribution is 2.30. The summed E-state index contributed by atoms with van der Waals surface area (Å²) in [5.74, 6) is -0.176. The molecule has 1 aromatic heterocycles. The molecule has 144 valence electrons. The Morgan fingerprint density at radius 2 is 1.89 bits per heavy atom. The first-order valence-corrected chi connectivity index (χ1v) is 9.64. The molecule has 28 heavy (non-hydrogen) atoms. The third kappa shape index (κ3) is 4.68. The van der Waals surface area contributed by atoms with Gasteiger partial charge in [0, 0.05) is 29.4 Å². The summed E-state index contributed by atoms with van der Waals surface area (Å²) in [7, 11) is 2.93. The zero-order chi connectivity index (χ0) is 20.1. The number of halogens is 1. The van der Waals surface area contributed by atoms with Gasteiger partial charge in [-0.25, -0.2) is 9.78 Å². The number of ether oxygens (including phenoxy) is 1. The lowest BCUT2D eigenvalue weighted by Crippen LogP contribution is -2.25. The Morgan fingerprint density at radius 1 is 1.18 bits per heavy atom. The first-order valence-electron chi connectivity index (χ1n) is 8.39. The monoisotopic (exact) mass is 415 g/mol. The first-order chi connectivity index (χ1) is 13.5. The number of carbonyl (C=O) groups excluding carboxylic acids is 2. The van der Waals surface area contributed by atoms with Gasteiger partial charge in [-0.1, -0.05) is 29.8 Å². The van der Waals surface area contributed by atoms with Crippen LogP contribution in [0.2, 0.25) is 5.02 Å². The van der Waals surface area contributed by atoms with Gasteiger partial charge in [-0.05, 0) is 30.3 Å². The number of methoxy groups -OCH3 is 1. The van der Waals surface area contributed by atoms with E-state index in [1.54, 1.807) is 31.3 Å². The van der Waals surface area contributed by atoms with Gasteiger partial charge in [-0.2, -0.15) is 0 Å². The molecule has 0 bridgehead atoms. The minimum atomic E-state index is -0.463. The second kappa shape index (κ2) is 8.86. The molecule has 0 aliphatic heterocycles. The number of amides is 2. The Kier molecular flexibility index (Phi) is 6.28. The quantitative estimate of drug-likeness (QED) is 0.646. The fourth-order valence-corrected chi connectivity index (χ4v) is 3.67. The van der Waals surface area contributed by atoms with Crippen LogP contribution in [0.1, 0.15) is 5.69 Å². The average Bonchev–Trinajstić information content (AvgIpc) is 3.15. The van der Waals surface area contributed by atoms with Crippen molar-refractivity contribution in [3.8, 4) is 10.6 Å². The van der Waals surface area contributed by atoms with E-state index in [0.29, 0.717) is 22.1 Å². The van der Waals surface area contributed by atoms with E-state index in [9.17, 15) is 9.59 Å². The number of hydrogen-bond donors (Lipinski definition) is 1. The van der Waals surface area contributed by atoms with E-state index < -0.39 is 6.09 Å². The molecule has 0 saturated carbocycles. The molecule has 1 N–H and O–H groups in total. The third-order valence-electron chi connectivity index (χ3n) is 3.98. The molecule has 0 fully saturated rings. The van der Waals surface area contributed by atoms with E-state index in [2.05, 4.69) is 15.0 Å². The number of nitrogens with one attached hydrogen (secondary N) is 1. The molecule has 3 rings (SSSR count). The van der Waals surface area contributed by atoms with Gasteiger partial charge in [0.05, 0.1) is 24.2 Å². The summed E-state index contributed by atoms with van der Waals surface area (Å²) in [4.78, 5) is 29.7. The number of anilines is 2. The fraction of sp³-hybridized carbons (Fsp3) is 0.150. The van der Waals surface area contributed by atoms with Gasteiger partial charge in [0.15, 0.2) is 0 Å². The lowest BCUT2D eigenvalue weighted by Gasteiger charge is -2.15. The minimum absolute atomic E-state index is 0.158. The molecule has 2 aromatic carbocycles. The summed E-state index contributed by atoms with van der Waals surface area (Å²) in [5.41, 5.74) is 2.83. The molecular formula is C20H18ClN3O3S. The van der Waals surface area contributed by atoms with E-state index in [4.69, 9.17) is 11.6 Å². The Morgan fingerprint density at radius 3 is 2.57 bits per heavy atom. The number of carbonyl (C=O) groups is 2. The van der Waals surface area contributed by atoms with Crippen molar-refractivity contribution in [2.45, 2.75) is 6.42 Å². The van der Waals surface area contributed by atoms with Gasteiger partial charge in [0.1, 0.15) is 5.01 Å². The fourth-order valence-electron chi connectivity index (χ4n) is 2.53. The third-order valence-corrected chi connectivity index (χ3v) is 5.24. The van der Waals surface area contributed by atoms with Crippen LogP contribution in [-0.2, 0) is 16.0 Å². The first kappa shape index (κ1) is 19.9. The van der Waals surface area contributed by atoms with Crippen molar-refractivity contribution in [1.82, 2.24) is 4.98 Å². The van der Waals surface area contributed by atoms with Crippen molar-refractivity contribution in [3.05, 3.63) is 64.6 Å². The Hall–Kier alpha value is -2.90. The number of thiazole rings is 1. The van der Waals surface area contributed by atoms with Crippen molar-refractivity contribution in [3.63, 3.8) is 0 Å². The molecule has 0 spiro atoms. The van der Waals surface area contributed by atoms with Gasteiger partial charge < -0.3 is 10.1 Å². The second-order valence-electron chi connectivity index (χ2n) is 5.92. The van der Waals surface area contributed by atoms with Gasteiger partial charge in [-0.3, -0.25) is 9.69 Å². The Labute approximate surface area is 171 Å². The van der Waals surface area contributed by atoms with Gasteiger partial charge in [-0.15, -0.1) is 11.3 Å². The lowest BCUT2D eigenvalue weighted by atomic mass is 10.2. The summed E-state index contributed by atoms with van der Waals surface area (Å²) in [6, 6.07) is 14.4. The molecule has 0 unspecified atom stereocenters. The maximum Gasteiger partial charge on any atom is 0.413 e. The number of nitrogens with zero attached hydrogens (tertiary/aromatic N) is 2. The molecule has 0 saturated heterocycles. The smallest absolute Gasteiger partial charge is 0.413 e. The molecule has 0 aliphatic rings. The SMILES string of the molecule is COC(=O)N(C)c1ccc(NC(=O)Cc2csc(-c3ccccc3Cl)n2)cc1. The van der Waals surface area contributed by atoms with Gasteiger partial charge >= 0.3 is 6.09 Å². The van der Waals surface area contributed by atoms with Crippen molar-refractivity contribution in [2.24, 2.45) is 0 Å². The average molecular weight is 416 g/mol. The zero-order valence-electron chi connectivity index (χ0n) is 15.3. The number of hydrogen-bond acceptors (Lipinski definition) is 5. The molecule has 2 amide bonds. The van der Waals surface area contributed by atoms with Gasteiger partial charge in [0.25, 0.3) is 0 Å². The Balaban J connectivity index is 1.62. The van der Waals surface area contributed by atoms with Crippen LogP contribution in [0.15, 0.2) is 53.9 Å². The van der Waals surface area contributed by atoms with E-state index in [0.717, 1.165) is 10.6 Å². The van der Waals surface area contributed by atoms with E-state index in [1.807, 2.05) is 29.6 Å². The van der Waals surface area contributed by atoms with Crippen molar-refractivity contribution in [2.75, 3.05) is 24.4 Å². The molecule has 0 atom stereocenters. The highest BCUT2D eigenvalue weighted by atomic mass is 35.5. The normalized spacial score (nSPS) is 10.4. The summed E-state index contributed by atoms with van der Waals surface area (Å²) < 4.78 is 4.67. The molecule has 3 aromatic rings. The standard InChI is InChI=1S/C20H18ClN3O3S/c1-24(20(26)27-2)15-9-7-13(8-10-15)22-18(25)11-14-12-28-19(23-14)16-5-3-4-6-17(16)21/h3-10,12H,11H2,1-2H3,(H,22,25). The van der Waals surface area contributed by atoms with Gasteiger partial charge in [0.2, 0.25) is 5.91 Å². The van der Waals surface area contributed by atoms with Crippen LogP contribution in [-0.4, -0.2) is 31.1 Å². The summed E-state index contributed by atoms with van der Waals surface area (Å²) in [6.07, 6.45) is -0.306. The van der Waals surface area contributed by atoms with Crippen molar-refractivity contribution in [1.29, 1.82) is 0 Å². The maximum absolute atomic E-state index is 12.3. The summed E-state index contributed by atoms with van der Waals surface area (Å²) >= 11 is 7.65. The largest absolute Gasteiger partial charge is 0.452 e. The van der Waals surface area contributed by atoms with Crippen LogP contribution in [0.4, 0.5) is 16.2 Å². The predicted octanol–water partition coefficient (Wildman–Crippen LogP) is 4.85. The van der Waals surface area contributed by atoms with E-state index in [1.165, 1.54) is 23.3 Å². The summed E-state index contributed by atoms with van der Waals surface area (Å²) in [5, 5.41) is 6.09. The number of rotatable bonds is 5. The molecule has 0 aliphatic carbocycles. The number of benzene rings is 2. The van der Waals surface area contributed by atoms with Crippen LogP contribution in [0, 0.1) is 0 Å². The highest BCUT2D eigenvalue weighted by molar-refractivity contribution is 7.13. The van der Waals surface area contributed by atoms with Crippen LogP contribution in [0.3, 0.4) is 0 Å². The van der Waals surface area contributed by atoms with Crippen LogP contribution >= 0.6 is 22.9 Å². The molecule has 1 heterocycles. The predicted molar refractivity (Wildman–Crippen MR) is 112 cm³/mol. The Bertz CT molecular complexity index is 988. The van der Waals surface area contributed by atoms with Crippen molar-refractivity contribution < 1.29 is 14.3 Å². The minimum Gasteiger partial charge on any atom is -0.452 e. The molecule has 0 radical (unpaired) electrons. The summed E-state index contributed by atoms with van der Waals surface area (Å²) in [6.45, 7) is 0. The van der Waals surface area contributed by atoms with Crippen molar-refractivity contribution >= 4 is 46.3 Å². The highest BCUT2D eigenvalue weighted by Gasteiger charge is 2.13. The van der Waals surface area contributed by atoms with Crippen LogP contribution < -0.4 is 10.2 Å². The molecule has 8 heteroatoms. The van der Waals surface area contributed by atoms with E-state index in [-0.39, 0.29) is 12.3 Å². The molecular weight excluding hydrogens is 398 g/mol. The topological polar surface area (TPSA) is 71.5 Å². The molecule has 6 nitrogen and oxygen atoms in total. The zero-order valence-corrected chi connectivity index (χ0v) is 16.9. The number of aromatic nitrogens is 1. The van der Waals surface area contributed by atoms with Crippen LogP contribution in [0.5, 0.6) is 0 Å². The van der Waals surface area contributed by atoms with Crippen LogP contribution in [0.25, 0.3) is 10.6 Å². The lowest BCUT2D eigenvalue weighted by molar-refractivity contribution is -0.115. The van der Waals surface area contributed by atoms with E-state index >= 15 is 0 Å².